The van der Waals surface area contributed by atoms with Gasteiger partial charge in [-0.15, -0.1) is 0 Å². The van der Waals surface area contributed by atoms with Gasteiger partial charge in [0.25, 0.3) is 5.91 Å². The molecule has 0 fully saturated rings. The summed E-state index contributed by atoms with van der Waals surface area (Å²) < 4.78 is 4.96. The Morgan fingerprint density at radius 3 is 2.58 bits per heavy atom. The molecule has 1 aromatic rings. The fraction of sp³-hybridized carbons (Fsp3) is 0.429. The average Bonchev–Trinajstić information content (AvgIpc) is 2.43. The zero-order valence-electron chi connectivity index (χ0n) is 11.4. The number of benzene rings is 1. The minimum Gasteiger partial charge on any atom is -0.478 e. The topological polar surface area (TPSA) is 66.8 Å². The number of methoxy groups -OCH3 is 1. The summed E-state index contributed by atoms with van der Waals surface area (Å²) in [5.74, 6) is -1.06. The lowest BCUT2D eigenvalue weighted by Crippen LogP contribution is -2.37. The number of amides is 1. The number of rotatable bonds is 6. The van der Waals surface area contributed by atoms with Crippen LogP contribution < -0.4 is 0 Å². The van der Waals surface area contributed by atoms with E-state index in [0.29, 0.717) is 13.0 Å². The van der Waals surface area contributed by atoms with E-state index in [0.717, 1.165) is 5.56 Å². The predicted molar refractivity (Wildman–Crippen MR) is 71.2 cm³/mol. The molecule has 0 spiro atoms. The van der Waals surface area contributed by atoms with Crippen LogP contribution in [0.15, 0.2) is 24.3 Å². The van der Waals surface area contributed by atoms with E-state index in [4.69, 9.17) is 9.84 Å². The van der Waals surface area contributed by atoms with Crippen molar-refractivity contribution < 1.29 is 19.4 Å². The fourth-order valence-corrected chi connectivity index (χ4v) is 1.76. The fourth-order valence-electron chi connectivity index (χ4n) is 1.76. The number of aromatic carboxylic acids is 1. The average molecular weight is 265 g/mol. The maximum Gasteiger partial charge on any atom is 0.335 e. The number of carboxylic acids is 1. The van der Waals surface area contributed by atoms with Gasteiger partial charge in [0.05, 0.1) is 5.56 Å². The second kappa shape index (κ2) is 6.89. The van der Waals surface area contributed by atoms with Gasteiger partial charge in [0.15, 0.2) is 0 Å². The zero-order valence-corrected chi connectivity index (χ0v) is 11.4. The first-order chi connectivity index (χ1) is 8.97. The second-order valence-electron chi connectivity index (χ2n) is 4.35. The normalized spacial score (nSPS) is 11.9. The van der Waals surface area contributed by atoms with Crippen LogP contribution in [-0.4, -0.2) is 48.7 Å². The molecule has 1 amide bonds. The van der Waals surface area contributed by atoms with Gasteiger partial charge in [-0.1, -0.05) is 18.2 Å². The van der Waals surface area contributed by atoms with Crippen LogP contribution in [0.2, 0.25) is 0 Å². The van der Waals surface area contributed by atoms with Crippen LogP contribution >= 0.6 is 0 Å². The van der Waals surface area contributed by atoms with Gasteiger partial charge in [-0.25, -0.2) is 4.79 Å². The van der Waals surface area contributed by atoms with Crippen molar-refractivity contribution in [3.8, 4) is 0 Å². The Balaban J connectivity index is 2.67. The smallest absolute Gasteiger partial charge is 0.335 e. The lowest BCUT2D eigenvalue weighted by atomic mass is 10.0. The van der Waals surface area contributed by atoms with Crippen LogP contribution in [0.4, 0.5) is 0 Å². The SMILES string of the molecule is COC(C)C(=O)N(C)CCc1ccccc1C(=O)O. The Kier molecular flexibility index (Phi) is 5.51. The van der Waals surface area contributed by atoms with E-state index < -0.39 is 12.1 Å². The molecule has 0 radical (unpaired) electrons. The van der Waals surface area contributed by atoms with Crippen molar-refractivity contribution in [3.63, 3.8) is 0 Å². The third-order valence-corrected chi connectivity index (χ3v) is 3.04. The van der Waals surface area contributed by atoms with E-state index in [1.807, 2.05) is 0 Å². The summed E-state index contributed by atoms with van der Waals surface area (Å²) >= 11 is 0. The molecule has 1 aromatic carbocycles. The molecule has 0 aliphatic carbocycles. The molecule has 0 heterocycles. The van der Waals surface area contributed by atoms with Crippen LogP contribution in [0.5, 0.6) is 0 Å². The third-order valence-electron chi connectivity index (χ3n) is 3.04. The summed E-state index contributed by atoms with van der Waals surface area (Å²) in [7, 11) is 3.16. The molecule has 1 N–H and O–H groups in total. The highest BCUT2D eigenvalue weighted by atomic mass is 16.5. The molecule has 0 saturated heterocycles. The third kappa shape index (κ3) is 4.06. The highest BCUT2D eigenvalue weighted by Gasteiger charge is 2.17. The summed E-state index contributed by atoms with van der Waals surface area (Å²) in [6.45, 7) is 2.14. The number of nitrogens with zero attached hydrogens (tertiary/aromatic N) is 1. The van der Waals surface area contributed by atoms with E-state index in [9.17, 15) is 9.59 Å². The summed E-state index contributed by atoms with van der Waals surface area (Å²) in [6.07, 6.45) is 0.0148. The highest BCUT2D eigenvalue weighted by molar-refractivity contribution is 5.89. The summed E-state index contributed by atoms with van der Waals surface area (Å²) in [6, 6.07) is 6.81. The second-order valence-corrected chi connectivity index (χ2v) is 4.35. The maximum absolute atomic E-state index is 11.8. The Labute approximate surface area is 112 Å². The van der Waals surface area contributed by atoms with Crippen molar-refractivity contribution in [1.29, 1.82) is 0 Å². The largest absolute Gasteiger partial charge is 0.478 e. The molecule has 0 aliphatic heterocycles. The molecule has 1 rings (SSSR count). The first kappa shape index (κ1) is 15.2. The molecule has 0 saturated carbocycles. The van der Waals surface area contributed by atoms with Crippen LogP contribution in [0.1, 0.15) is 22.8 Å². The number of likely N-dealkylation sites (N-methyl/N-ethyl adjacent to an activating group) is 1. The highest BCUT2D eigenvalue weighted by Crippen LogP contribution is 2.10. The molecule has 104 valence electrons. The number of carbonyl (C=O) groups is 2. The molecule has 19 heavy (non-hydrogen) atoms. The van der Waals surface area contributed by atoms with Crippen LogP contribution in [0.3, 0.4) is 0 Å². The molecule has 0 bridgehead atoms. The van der Waals surface area contributed by atoms with Gasteiger partial charge in [0.2, 0.25) is 0 Å². The minimum absolute atomic E-state index is 0.115. The molecule has 1 atom stereocenters. The quantitative estimate of drug-likeness (QED) is 0.844. The van der Waals surface area contributed by atoms with Crippen molar-refractivity contribution in [2.45, 2.75) is 19.4 Å². The minimum atomic E-state index is -0.949. The molecule has 5 heteroatoms. The van der Waals surface area contributed by atoms with Gasteiger partial charge >= 0.3 is 5.97 Å². The summed E-state index contributed by atoms with van der Waals surface area (Å²) in [5, 5.41) is 9.07. The summed E-state index contributed by atoms with van der Waals surface area (Å²) in [4.78, 5) is 24.4. The monoisotopic (exact) mass is 265 g/mol. The van der Waals surface area contributed by atoms with Gasteiger partial charge in [0.1, 0.15) is 6.10 Å². The predicted octanol–water partition coefficient (Wildman–Crippen LogP) is 1.42. The Morgan fingerprint density at radius 1 is 1.37 bits per heavy atom. The Bertz CT molecular complexity index is 459. The molecule has 0 aromatic heterocycles. The van der Waals surface area contributed by atoms with Crippen molar-refractivity contribution in [1.82, 2.24) is 4.90 Å². The van der Waals surface area contributed by atoms with E-state index >= 15 is 0 Å². The van der Waals surface area contributed by atoms with Crippen LogP contribution in [-0.2, 0) is 16.0 Å². The molecular formula is C14H19NO4. The first-order valence-electron chi connectivity index (χ1n) is 6.06. The molecular weight excluding hydrogens is 246 g/mol. The van der Waals surface area contributed by atoms with E-state index in [1.165, 1.54) is 7.11 Å². The number of carbonyl (C=O) groups excluding carboxylic acids is 1. The maximum atomic E-state index is 11.8. The first-order valence-corrected chi connectivity index (χ1v) is 6.06. The van der Waals surface area contributed by atoms with Gasteiger partial charge < -0.3 is 14.7 Å². The summed E-state index contributed by atoms with van der Waals surface area (Å²) in [5.41, 5.74) is 1.00. The van der Waals surface area contributed by atoms with E-state index in [1.54, 1.807) is 43.1 Å². The van der Waals surface area contributed by atoms with Gasteiger partial charge in [-0.05, 0) is 25.0 Å². The van der Waals surface area contributed by atoms with Gasteiger partial charge in [-0.2, -0.15) is 0 Å². The number of ether oxygens (including phenoxy) is 1. The van der Waals surface area contributed by atoms with Gasteiger partial charge in [-0.3, -0.25) is 4.79 Å². The van der Waals surface area contributed by atoms with Crippen LogP contribution in [0, 0.1) is 0 Å². The molecule has 0 aliphatic rings. The molecule has 1 unspecified atom stereocenters. The Hall–Kier alpha value is -1.88. The lowest BCUT2D eigenvalue weighted by Gasteiger charge is -2.20. The number of hydrogen-bond acceptors (Lipinski definition) is 3. The van der Waals surface area contributed by atoms with E-state index in [2.05, 4.69) is 0 Å². The van der Waals surface area contributed by atoms with Crippen molar-refractivity contribution in [2.24, 2.45) is 0 Å². The van der Waals surface area contributed by atoms with Crippen molar-refractivity contribution >= 4 is 11.9 Å². The van der Waals surface area contributed by atoms with Crippen LogP contribution in [0.25, 0.3) is 0 Å². The number of hydrogen-bond donors (Lipinski definition) is 1. The number of carboxylic acid groups (broad SMARTS) is 1. The lowest BCUT2D eigenvalue weighted by molar-refractivity contribution is -0.139. The van der Waals surface area contributed by atoms with Crippen molar-refractivity contribution in [2.75, 3.05) is 20.7 Å². The Morgan fingerprint density at radius 2 is 2.00 bits per heavy atom. The standard InChI is InChI=1S/C14H19NO4/c1-10(19-3)13(16)15(2)9-8-11-6-4-5-7-12(11)14(17)18/h4-7,10H,8-9H2,1-3H3,(H,17,18). The van der Waals surface area contributed by atoms with Gasteiger partial charge in [0, 0.05) is 20.7 Å². The zero-order chi connectivity index (χ0) is 14.4. The van der Waals surface area contributed by atoms with E-state index in [-0.39, 0.29) is 11.5 Å². The van der Waals surface area contributed by atoms with Crippen molar-refractivity contribution in [3.05, 3.63) is 35.4 Å². The molecule has 5 nitrogen and oxygen atoms in total.